The lowest BCUT2D eigenvalue weighted by Crippen LogP contribution is -2.23. The van der Waals surface area contributed by atoms with E-state index in [1.165, 1.54) is 0 Å². The van der Waals surface area contributed by atoms with Crippen molar-refractivity contribution in [3.63, 3.8) is 0 Å². The largest absolute Gasteiger partial charge is 0.380 e. The molecule has 0 aliphatic carbocycles. The molecule has 1 atom stereocenters. The van der Waals surface area contributed by atoms with E-state index in [0.29, 0.717) is 10.0 Å². The summed E-state index contributed by atoms with van der Waals surface area (Å²) >= 11 is 12.1. The van der Waals surface area contributed by atoms with Gasteiger partial charge in [0.25, 0.3) is 0 Å². The number of rotatable bonds is 4. The predicted molar refractivity (Wildman–Crippen MR) is 111 cm³/mol. The van der Waals surface area contributed by atoms with E-state index >= 15 is 0 Å². The molecule has 0 amide bonds. The van der Waals surface area contributed by atoms with Gasteiger partial charge in [-0.15, -0.1) is 0 Å². The molecule has 0 spiro atoms. The van der Waals surface area contributed by atoms with Gasteiger partial charge < -0.3 is 9.64 Å². The monoisotopic (exact) mass is 399 g/mol. The van der Waals surface area contributed by atoms with Crippen molar-refractivity contribution in [2.24, 2.45) is 0 Å². The first-order valence-corrected chi connectivity index (χ1v) is 9.56. The third-order valence-corrected chi connectivity index (χ3v) is 5.30. The molecular weight excluding hydrogens is 381 g/mol. The number of benzene rings is 2. The highest BCUT2D eigenvalue weighted by Gasteiger charge is 2.24. The third kappa shape index (κ3) is 3.93. The first kappa shape index (κ1) is 18.2. The molecule has 6 heteroatoms. The van der Waals surface area contributed by atoms with Crippen LogP contribution in [0, 0.1) is 0 Å². The molecule has 1 aliphatic heterocycles. The second-order valence-corrected chi connectivity index (χ2v) is 7.40. The molecule has 27 heavy (non-hydrogen) atoms. The SMILES string of the molecule is CO[C@H]1CCN(c2cnc(-c3ccc(Cl)cc3)c(-c3ccc(Cl)cc3)n2)C1. The van der Waals surface area contributed by atoms with Gasteiger partial charge >= 0.3 is 0 Å². The average Bonchev–Trinajstić information content (AvgIpc) is 3.18. The Morgan fingerprint density at radius 2 is 1.52 bits per heavy atom. The minimum atomic E-state index is 0.238. The second-order valence-electron chi connectivity index (χ2n) is 6.53. The summed E-state index contributed by atoms with van der Waals surface area (Å²) < 4.78 is 5.48. The Morgan fingerprint density at radius 3 is 2.07 bits per heavy atom. The molecule has 1 aliphatic rings. The summed E-state index contributed by atoms with van der Waals surface area (Å²) in [6, 6.07) is 15.3. The van der Waals surface area contributed by atoms with E-state index in [0.717, 1.165) is 47.8 Å². The minimum absolute atomic E-state index is 0.238. The van der Waals surface area contributed by atoms with Gasteiger partial charge in [0.1, 0.15) is 5.82 Å². The van der Waals surface area contributed by atoms with E-state index in [-0.39, 0.29) is 6.10 Å². The van der Waals surface area contributed by atoms with Crippen LogP contribution >= 0.6 is 23.2 Å². The quantitative estimate of drug-likeness (QED) is 0.592. The molecule has 1 fully saturated rings. The Hall–Kier alpha value is -2.14. The first-order valence-electron chi connectivity index (χ1n) is 8.80. The third-order valence-electron chi connectivity index (χ3n) is 4.80. The standard InChI is InChI=1S/C21H19Cl2N3O/c1-27-18-10-11-26(13-18)19-12-24-20(14-2-6-16(22)7-3-14)21(25-19)15-4-8-17(23)9-5-15/h2-9,12,18H,10-11,13H2,1H3/t18-/m0/s1. The van der Waals surface area contributed by atoms with Crippen molar-refractivity contribution in [2.75, 3.05) is 25.1 Å². The van der Waals surface area contributed by atoms with Crippen molar-refractivity contribution in [3.05, 3.63) is 64.8 Å². The molecule has 4 nitrogen and oxygen atoms in total. The van der Waals surface area contributed by atoms with Crippen LogP contribution in [-0.4, -0.2) is 36.3 Å². The number of methoxy groups -OCH3 is 1. The molecular formula is C21H19Cl2N3O. The molecule has 0 radical (unpaired) electrons. The molecule has 0 bridgehead atoms. The van der Waals surface area contributed by atoms with Crippen LogP contribution in [0.3, 0.4) is 0 Å². The molecule has 0 N–H and O–H groups in total. The fourth-order valence-corrected chi connectivity index (χ4v) is 3.54. The van der Waals surface area contributed by atoms with Crippen molar-refractivity contribution < 1.29 is 4.74 Å². The van der Waals surface area contributed by atoms with Crippen molar-refractivity contribution in [3.8, 4) is 22.5 Å². The van der Waals surface area contributed by atoms with Crippen LogP contribution < -0.4 is 4.90 Å². The number of ether oxygens (including phenoxy) is 1. The Morgan fingerprint density at radius 1 is 0.926 bits per heavy atom. The number of hydrogen-bond acceptors (Lipinski definition) is 4. The zero-order chi connectivity index (χ0) is 18.8. The van der Waals surface area contributed by atoms with E-state index < -0.39 is 0 Å². The number of anilines is 1. The molecule has 3 aromatic rings. The van der Waals surface area contributed by atoms with E-state index in [1.54, 1.807) is 7.11 Å². The maximum absolute atomic E-state index is 6.07. The van der Waals surface area contributed by atoms with Gasteiger partial charge in [0, 0.05) is 41.4 Å². The van der Waals surface area contributed by atoms with E-state index in [1.807, 2.05) is 54.7 Å². The fourth-order valence-electron chi connectivity index (χ4n) is 3.29. The van der Waals surface area contributed by atoms with Gasteiger partial charge in [-0.2, -0.15) is 0 Å². The van der Waals surface area contributed by atoms with Crippen LogP contribution in [0.15, 0.2) is 54.7 Å². The molecule has 4 rings (SSSR count). The van der Waals surface area contributed by atoms with E-state index in [2.05, 4.69) is 4.90 Å². The maximum Gasteiger partial charge on any atom is 0.147 e. The number of nitrogens with zero attached hydrogens (tertiary/aromatic N) is 3. The molecule has 2 aromatic carbocycles. The Kier molecular flexibility index (Phi) is 5.30. The second kappa shape index (κ2) is 7.85. The van der Waals surface area contributed by atoms with Gasteiger partial charge in [-0.3, -0.25) is 4.98 Å². The van der Waals surface area contributed by atoms with Crippen molar-refractivity contribution in [1.29, 1.82) is 0 Å². The zero-order valence-electron chi connectivity index (χ0n) is 14.9. The molecule has 2 heterocycles. The average molecular weight is 400 g/mol. The maximum atomic E-state index is 6.07. The smallest absolute Gasteiger partial charge is 0.147 e. The number of halogens is 2. The molecule has 138 valence electrons. The topological polar surface area (TPSA) is 38.2 Å². The summed E-state index contributed by atoms with van der Waals surface area (Å²) in [4.78, 5) is 11.9. The summed E-state index contributed by atoms with van der Waals surface area (Å²) in [5.41, 5.74) is 3.59. The molecule has 0 saturated carbocycles. The van der Waals surface area contributed by atoms with Gasteiger partial charge in [-0.05, 0) is 30.7 Å². The summed E-state index contributed by atoms with van der Waals surface area (Å²) in [5.74, 6) is 0.859. The lowest BCUT2D eigenvalue weighted by molar-refractivity contribution is 0.121. The number of hydrogen-bond donors (Lipinski definition) is 0. The van der Waals surface area contributed by atoms with Gasteiger partial charge in [-0.1, -0.05) is 47.5 Å². The van der Waals surface area contributed by atoms with Crippen LogP contribution in [0.2, 0.25) is 10.0 Å². The summed E-state index contributed by atoms with van der Waals surface area (Å²) in [5, 5.41) is 1.39. The summed E-state index contributed by atoms with van der Waals surface area (Å²) in [6.07, 6.45) is 3.07. The minimum Gasteiger partial charge on any atom is -0.380 e. The molecule has 1 saturated heterocycles. The predicted octanol–water partition coefficient (Wildman–Crippen LogP) is 5.34. The summed E-state index contributed by atoms with van der Waals surface area (Å²) in [7, 11) is 1.75. The van der Waals surface area contributed by atoms with Gasteiger partial charge in [0.2, 0.25) is 0 Å². The van der Waals surface area contributed by atoms with Crippen molar-refractivity contribution >= 4 is 29.0 Å². The first-order chi connectivity index (χ1) is 13.1. The Labute approximate surface area is 168 Å². The number of aromatic nitrogens is 2. The lowest BCUT2D eigenvalue weighted by atomic mass is 10.0. The van der Waals surface area contributed by atoms with Gasteiger partial charge in [0.15, 0.2) is 0 Å². The van der Waals surface area contributed by atoms with Crippen molar-refractivity contribution in [1.82, 2.24) is 9.97 Å². The lowest BCUT2D eigenvalue weighted by Gasteiger charge is -2.19. The van der Waals surface area contributed by atoms with E-state index in [9.17, 15) is 0 Å². The van der Waals surface area contributed by atoms with Gasteiger partial charge in [-0.25, -0.2) is 4.98 Å². The van der Waals surface area contributed by atoms with Crippen LogP contribution in [0.1, 0.15) is 6.42 Å². The molecule has 1 aromatic heterocycles. The van der Waals surface area contributed by atoms with Crippen LogP contribution in [0.25, 0.3) is 22.5 Å². The van der Waals surface area contributed by atoms with E-state index in [4.69, 9.17) is 37.9 Å². The van der Waals surface area contributed by atoms with Crippen molar-refractivity contribution in [2.45, 2.75) is 12.5 Å². The van der Waals surface area contributed by atoms with Crippen LogP contribution in [0.5, 0.6) is 0 Å². The zero-order valence-corrected chi connectivity index (χ0v) is 16.4. The highest BCUT2D eigenvalue weighted by atomic mass is 35.5. The Balaban J connectivity index is 1.79. The van der Waals surface area contributed by atoms with Crippen LogP contribution in [-0.2, 0) is 4.74 Å². The fraction of sp³-hybridized carbons (Fsp3) is 0.238. The summed E-state index contributed by atoms with van der Waals surface area (Å²) in [6.45, 7) is 1.74. The van der Waals surface area contributed by atoms with Crippen LogP contribution in [0.4, 0.5) is 5.82 Å². The highest BCUT2D eigenvalue weighted by Crippen LogP contribution is 2.32. The highest BCUT2D eigenvalue weighted by molar-refractivity contribution is 6.31. The Bertz CT molecular complexity index is 929. The normalized spacial score (nSPS) is 16.7. The van der Waals surface area contributed by atoms with Gasteiger partial charge in [0.05, 0.1) is 23.7 Å². The molecule has 0 unspecified atom stereocenters.